The largest absolute Gasteiger partial charge is 0.473 e. The van der Waals surface area contributed by atoms with E-state index in [4.69, 9.17) is 14.6 Å². The Balaban J connectivity index is 1.31. The van der Waals surface area contributed by atoms with E-state index >= 15 is 4.39 Å². The first kappa shape index (κ1) is 26.0. The Morgan fingerprint density at radius 1 is 0.949 bits per heavy atom. The maximum absolute atomic E-state index is 15.1. The Hall–Kier alpha value is -4.66. The summed E-state index contributed by atoms with van der Waals surface area (Å²) in [6.07, 6.45) is 1.70. The number of ether oxygens (including phenoxy) is 2. The Morgan fingerprint density at radius 2 is 1.59 bits per heavy atom. The molecule has 39 heavy (non-hydrogen) atoms. The van der Waals surface area contributed by atoms with Gasteiger partial charge < -0.3 is 24.8 Å². The maximum atomic E-state index is 15.1. The van der Waals surface area contributed by atoms with Crippen molar-refractivity contribution >= 4 is 17.5 Å². The SMILES string of the molecule is O=C(O)N1CCC(c2ncc(Nc3ccc(OCc4ccccc4)nc3OCc3ccccc3)cc2F)CC1. The predicted molar refractivity (Wildman–Crippen MR) is 145 cm³/mol. The number of carboxylic acid groups (broad SMARTS) is 1. The minimum Gasteiger partial charge on any atom is -0.473 e. The number of likely N-dealkylation sites (tertiary alicyclic amines) is 1. The first-order valence-electron chi connectivity index (χ1n) is 12.8. The molecule has 0 aliphatic carbocycles. The van der Waals surface area contributed by atoms with Crippen LogP contribution in [0.5, 0.6) is 11.8 Å². The summed E-state index contributed by atoms with van der Waals surface area (Å²) in [5.74, 6) is 0.160. The van der Waals surface area contributed by atoms with Crippen molar-refractivity contribution in [2.45, 2.75) is 32.0 Å². The van der Waals surface area contributed by atoms with E-state index in [0.717, 1.165) is 11.1 Å². The lowest BCUT2D eigenvalue weighted by atomic mass is 9.93. The van der Waals surface area contributed by atoms with Crippen LogP contribution in [0.2, 0.25) is 0 Å². The molecule has 3 heterocycles. The zero-order valence-electron chi connectivity index (χ0n) is 21.3. The zero-order valence-corrected chi connectivity index (χ0v) is 21.3. The minimum atomic E-state index is -0.947. The van der Waals surface area contributed by atoms with Crippen LogP contribution in [-0.4, -0.2) is 39.2 Å². The molecule has 2 N–H and O–H groups in total. The third kappa shape index (κ3) is 6.81. The van der Waals surface area contributed by atoms with E-state index in [1.54, 1.807) is 18.3 Å². The average molecular weight is 529 g/mol. The molecule has 8 nitrogen and oxygen atoms in total. The lowest BCUT2D eigenvalue weighted by molar-refractivity contribution is 0.131. The topological polar surface area (TPSA) is 96.8 Å². The van der Waals surface area contributed by atoms with Gasteiger partial charge in [0, 0.05) is 31.1 Å². The van der Waals surface area contributed by atoms with Gasteiger partial charge in [-0.15, -0.1) is 0 Å². The number of hydrogen-bond donors (Lipinski definition) is 2. The molecule has 0 radical (unpaired) electrons. The minimum absolute atomic E-state index is 0.123. The third-order valence-electron chi connectivity index (χ3n) is 6.58. The highest BCUT2D eigenvalue weighted by atomic mass is 19.1. The van der Waals surface area contributed by atoms with Crippen LogP contribution in [0, 0.1) is 5.82 Å². The van der Waals surface area contributed by atoms with Gasteiger partial charge in [-0.2, -0.15) is 4.98 Å². The number of hydrogen-bond acceptors (Lipinski definition) is 6. The van der Waals surface area contributed by atoms with E-state index in [0.29, 0.717) is 68.0 Å². The van der Waals surface area contributed by atoms with Crippen LogP contribution in [0.25, 0.3) is 0 Å². The normalized spacial score (nSPS) is 13.6. The van der Waals surface area contributed by atoms with E-state index in [1.165, 1.54) is 11.0 Å². The van der Waals surface area contributed by atoms with Crippen LogP contribution >= 0.6 is 0 Å². The highest BCUT2D eigenvalue weighted by Gasteiger charge is 2.26. The van der Waals surface area contributed by atoms with Crippen LogP contribution in [0.1, 0.15) is 35.6 Å². The van der Waals surface area contributed by atoms with Gasteiger partial charge in [0.2, 0.25) is 11.8 Å². The lowest BCUT2D eigenvalue weighted by Gasteiger charge is -2.29. The molecule has 0 bridgehead atoms. The summed E-state index contributed by atoms with van der Waals surface area (Å²) in [6.45, 7) is 1.40. The molecule has 4 aromatic rings. The molecule has 1 aliphatic rings. The molecule has 0 atom stereocenters. The molecule has 1 aliphatic heterocycles. The van der Waals surface area contributed by atoms with Crippen LogP contribution < -0.4 is 14.8 Å². The van der Waals surface area contributed by atoms with Gasteiger partial charge in [-0.25, -0.2) is 9.18 Å². The van der Waals surface area contributed by atoms with Crippen molar-refractivity contribution in [3.63, 3.8) is 0 Å². The van der Waals surface area contributed by atoms with Crippen molar-refractivity contribution in [1.29, 1.82) is 0 Å². The fraction of sp³-hybridized carbons (Fsp3) is 0.233. The highest BCUT2D eigenvalue weighted by molar-refractivity contribution is 5.65. The number of amides is 1. The van der Waals surface area contributed by atoms with Crippen LogP contribution in [0.3, 0.4) is 0 Å². The van der Waals surface area contributed by atoms with Gasteiger partial charge in [0.1, 0.15) is 24.7 Å². The Kier molecular flexibility index (Phi) is 8.16. The molecule has 2 aromatic carbocycles. The number of aromatic nitrogens is 2. The van der Waals surface area contributed by atoms with E-state index in [-0.39, 0.29) is 5.92 Å². The van der Waals surface area contributed by atoms with E-state index in [2.05, 4.69) is 15.3 Å². The van der Waals surface area contributed by atoms with Gasteiger partial charge in [-0.05, 0) is 30.0 Å². The van der Waals surface area contributed by atoms with Gasteiger partial charge in [0.15, 0.2) is 0 Å². The third-order valence-corrected chi connectivity index (χ3v) is 6.58. The van der Waals surface area contributed by atoms with Gasteiger partial charge in [-0.1, -0.05) is 60.7 Å². The summed E-state index contributed by atoms with van der Waals surface area (Å²) < 4.78 is 27.0. The number of nitrogens with zero attached hydrogens (tertiary/aromatic N) is 3. The number of rotatable bonds is 9. The van der Waals surface area contributed by atoms with Gasteiger partial charge >= 0.3 is 6.09 Å². The number of benzene rings is 2. The molecule has 1 fully saturated rings. The zero-order chi connectivity index (χ0) is 27.0. The molecule has 0 unspecified atom stereocenters. The number of pyridine rings is 2. The number of nitrogens with one attached hydrogen (secondary N) is 1. The Labute approximate surface area is 226 Å². The summed E-state index contributed by atoms with van der Waals surface area (Å²) in [5, 5.41) is 12.3. The summed E-state index contributed by atoms with van der Waals surface area (Å²) in [7, 11) is 0. The van der Waals surface area contributed by atoms with Crippen molar-refractivity contribution in [3.8, 4) is 11.8 Å². The summed E-state index contributed by atoms with van der Waals surface area (Å²) in [5.41, 5.74) is 3.34. The number of halogens is 1. The van der Waals surface area contributed by atoms with Crippen LogP contribution in [-0.2, 0) is 13.2 Å². The number of carbonyl (C=O) groups is 1. The molecule has 2 aromatic heterocycles. The molecular formula is C30H29FN4O4. The summed E-state index contributed by atoms with van der Waals surface area (Å²) >= 11 is 0. The van der Waals surface area contributed by atoms with Crippen molar-refractivity contribution < 1.29 is 23.8 Å². The average Bonchev–Trinajstić information content (AvgIpc) is 2.97. The van der Waals surface area contributed by atoms with E-state index < -0.39 is 11.9 Å². The van der Waals surface area contributed by atoms with Crippen molar-refractivity contribution in [1.82, 2.24) is 14.9 Å². The van der Waals surface area contributed by atoms with Crippen LogP contribution in [0.15, 0.2) is 85.1 Å². The maximum Gasteiger partial charge on any atom is 0.407 e. The number of anilines is 2. The van der Waals surface area contributed by atoms with Crippen molar-refractivity contribution in [3.05, 3.63) is 108 Å². The first-order valence-corrected chi connectivity index (χ1v) is 12.8. The summed E-state index contributed by atoms with van der Waals surface area (Å²) in [6, 6.07) is 24.4. The summed E-state index contributed by atoms with van der Waals surface area (Å²) in [4.78, 5) is 21.5. The fourth-order valence-electron chi connectivity index (χ4n) is 4.48. The quantitative estimate of drug-likeness (QED) is 0.260. The monoisotopic (exact) mass is 528 g/mol. The Morgan fingerprint density at radius 3 is 2.21 bits per heavy atom. The van der Waals surface area contributed by atoms with Crippen LogP contribution in [0.4, 0.5) is 20.6 Å². The second kappa shape index (κ2) is 12.3. The van der Waals surface area contributed by atoms with Gasteiger partial charge in [0.05, 0.1) is 17.6 Å². The van der Waals surface area contributed by atoms with Crippen molar-refractivity contribution in [2.75, 3.05) is 18.4 Å². The number of piperidine rings is 1. The second-order valence-electron chi connectivity index (χ2n) is 9.31. The molecule has 200 valence electrons. The lowest BCUT2D eigenvalue weighted by Crippen LogP contribution is -2.37. The molecule has 0 saturated carbocycles. The van der Waals surface area contributed by atoms with Gasteiger partial charge in [0.25, 0.3) is 0 Å². The second-order valence-corrected chi connectivity index (χ2v) is 9.31. The van der Waals surface area contributed by atoms with Gasteiger partial charge in [-0.3, -0.25) is 4.98 Å². The smallest absolute Gasteiger partial charge is 0.407 e. The predicted octanol–water partition coefficient (Wildman–Crippen LogP) is 6.37. The molecule has 1 saturated heterocycles. The first-order chi connectivity index (χ1) is 19.0. The molecule has 0 spiro atoms. The van der Waals surface area contributed by atoms with E-state index in [1.807, 2.05) is 60.7 Å². The van der Waals surface area contributed by atoms with Crippen molar-refractivity contribution in [2.24, 2.45) is 0 Å². The molecule has 1 amide bonds. The molecule has 5 rings (SSSR count). The van der Waals surface area contributed by atoms with E-state index in [9.17, 15) is 4.79 Å². The highest BCUT2D eigenvalue weighted by Crippen LogP contribution is 2.32. The standard InChI is InChI=1S/C30H29FN4O4/c31-25-17-24(18-32-28(25)23-13-15-35(16-14-23)30(36)37)33-26-11-12-27(38-19-21-7-3-1-4-8-21)34-29(26)39-20-22-9-5-2-6-10-22/h1-12,17-18,23,33H,13-16,19-20H2,(H,36,37). The fourth-order valence-corrected chi connectivity index (χ4v) is 4.48. The Bertz CT molecular complexity index is 1400. The molecular weight excluding hydrogens is 499 g/mol. The molecule has 9 heteroatoms.